The molecule has 24 heavy (non-hydrogen) atoms. The first kappa shape index (κ1) is 15.7. The van der Waals surface area contributed by atoms with E-state index in [0.717, 1.165) is 16.8 Å². The third-order valence-electron chi connectivity index (χ3n) is 3.38. The first-order chi connectivity index (χ1) is 11.8. The molecule has 0 unspecified atom stereocenters. The number of esters is 1. The van der Waals surface area contributed by atoms with Crippen LogP contribution in [0.3, 0.4) is 0 Å². The van der Waals surface area contributed by atoms with Crippen LogP contribution in [0.1, 0.15) is 12.8 Å². The summed E-state index contributed by atoms with van der Waals surface area (Å²) in [5, 5.41) is 0. The number of carbonyl (C=O) groups is 1. The number of nitrogens with zero attached hydrogens (tertiary/aromatic N) is 1. The third-order valence-corrected chi connectivity index (χ3v) is 3.38. The van der Waals surface area contributed by atoms with Gasteiger partial charge in [0.1, 0.15) is 5.69 Å². The predicted molar refractivity (Wildman–Crippen MR) is 93.0 cm³/mol. The summed E-state index contributed by atoms with van der Waals surface area (Å²) in [5.74, 6) is 0.615. The lowest BCUT2D eigenvalue weighted by Crippen LogP contribution is -1.98. The molecule has 0 saturated heterocycles. The second-order valence-corrected chi connectivity index (χ2v) is 5.05. The van der Waals surface area contributed by atoms with E-state index in [0.29, 0.717) is 18.3 Å². The van der Waals surface area contributed by atoms with Gasteiger partial charge in [0.15, 0.2) is 5.76 Å². The molecule has 0 amide bonds. The average molecular weight is 319 g/mol. The molecule has 0 atom stereocenters. The van der Waals surface area contributed by atoms with E-state index < -0.39 is 5.97 Å². The summed E-state index contributed by atoms with van der Waals surface area (Å²) in [6.45, 7) is 2.09. The number of ether oxygens (including phenoxy) is 1. The van der Waals surface area contributed by atoms with E-state index in [1.807, 2.05) is 60.7 Å². The van der Waals surface area contributed by atoms with Gasteiger partial charge in [-0.2, -0.15) is 0 Å². The van der Waals surface area contributed by atoms with Gasteiger partial charge in [-0.05, 0) is 6.92 Å². The van der Waals surface area contributed by atoms with Crippen LogP contribution in [-0.2, 0) is 9.53 Å². The zero-order valence-electron chi connectivity index (χ0n) is 13.3. The molecule has 3 aromatic rings. The van der Waals surface area contributed by atoms with Gasteiger partial charge in [-0.3, -0.25) is 0 Å². The van der Waals surface area contributed by atoms with Crippen LogP contribution in [0.15, 0.2) is 71.2 Å². The normalized spacial score (nSPS) is 10.9. The quantitative estimate of drug-likeness (QED) is 0.510. The molecule has 4 nitrogen and oxygen atoms in total. The molecule has 0 N–H and O–H groups in total. The minimum atomic E-state index is -0.418. The van der Waals surface area contributed by atoms with Crippen molar-refractivity contribution < 1.29 is 13.9 Å². The van der Waals surface area contributed by atoms with E-state index in [2.05, 4.69) is 4.98 Å². The maximum absolute atomic E-state index is 11.5. The maximum Gasteiger partial charge on any atom is 0.330 e. The summed E-state index contributed by atoms with van der Waals surface area (Å²) >= 11 is 0. The highest BCUT2D eigenvalue weighted by Crippen LogP contribution is 2.32. The lowest BCUT2D eigenvalue weighted by Gasteiger charge is -2.00. The lowest BCUT2D eigenvalue weighted by molar-refractivity contribution is -0.137. The number of benzene rings is 2. The number of rotatable bonds is 5. The zero-order valence-corrected chi connectivity index (χ0v) is 13.3. The van der Waals surface area contributed by atoms with Crippen molar-refractivity contribution in [3.63, 3.8) is 0 Å². The maximum atomic E-state index is 11.5. The molecular weight excluding hydrogens is 302 g/mol. The fourth-order valence-electron chi connectivity index (χ4n) is 2.31. The van der Waals surface area contributed by atoms with E-state index in [1.54, 1.807) is 6.92 Å². The summed E-state index contributed by atoms with van der Waals surface area (Å²) in [6, 6.07) is 19.6. The summed E-state index contributed by atoms with van der Waals surface area (Å²) in [5.41, 5.74) is 2.63. The SMILES string of the molecule is CCOC(=O)/C=C/c1nc(-c2ccccc2)c(-c2ccccc2)o1. The molecule has 0 fully saturated rings. The van der Waals surface area contributed by atoms with Crippen LogP contribution in [0.2, 0.25) is 0 Å². The topological polar surface area (TPSA) is 52.3 Å². The molecule has 0 aliphatic heterocycles. The Bertz CT molecular complexity index is 779. The van der Waals surface area contributed by atoms with Gasteiger partial charge < -0.3 is 9.15 Å². The molecule has 2 aromatic carbocycles. The predicted octanol–water partition coefficient (Wildman–Crippen LogP) is 4.58. The number of hydrogen-bond donors (Lipinski definition) is 0. The van der Waals surface area contributed by atoms with Gasteiger partial charge >= 0.3 is 5.97 Å². The molecule has 0 aliphatic rings. The van der Waals surface area contributed by atoms with Crippen LogP contribution in [0, 0.1) is 0 Å². The van der Waals surface area contributed by atoms with E-state index in [1.165, 1.54) is 12.2 Å². The van der Waals surface area contributed by atoms with Crippen LogP contribution < -0.4 is 0 Å². The smallest absolute Gasteiger partial charge is 0.330 e. The molecule has 1 aromatic heterocycles. The molecule has 0 radical (unpaired) electrons. The van der Waals surface area contributed by atoms with Gasteiger partial charge in [-0.15, -0.1) is 0 Å². The molecule has 3 rings (SSSR count). The molecule has 0 saturated carbocycles. The Morgan fingerprint density at radius 3 is 2.29 bits per heavy atom. The first-order valence-electron chi connectivity index (χ1n) is 7.74. The molecule has 4 heteroatoms. The van der Waals surface area contributed by atoms with Gasteiger partial charge in [0.2, 0.25) is 5.89 Å². The van der Waals surface area contributed by atoms with Crippen molar-refractivity contribution in [2.45, 2.75) is 6.92 Å². The van der Waals surface area contributed by atoms with Crippen molar-refractivity contribution >= 4 is 12.0 Å². The Hall–Kier alpha value is -3.14. The average Bonchev–Trinajstić information content (AvgIpc) is 3.06. The van der Waals surface area contributed by atoms with Crippen molar-refractivity contribution in [1.29, 1.82) is 0 Å². The highest BCUT2D eigenvalue weighted by Gasteiger charge is 2.15. The van der Waals surface area contributed by atoms with Gasteiger partial charge in [0.25, 0.3) is 0 Å². The van der Waals surface area contributed by atoms with Gasteiger partial charge in [-0.25, -0.2) is 9.78 Å². The van der Waals surface area contributed by atoms with Crippen LogP contribution in [0.5, 0.6) is 0 Å². The van der Waals surface area contributed by atoms with Gasteiger partial charge in [-0.1, -0.05) is 60.7 Å². The van der Waals surface area contributed by atoms with E-state index in [9.17, 15) is 4.79 Å². The van der Waals surface area contributed by atoms with Crippen molar-refractivity contribution in [2.24, 2.45) is 0 Å². The Labute approximate surface area is 140 Å². The molecule has 0 bridgehead atoms. The highest BCUT2D eigenvalue weighted by molar-refractivity contribution is 5.87. The summed E-state index contributed by atoms with van der Waals surface area (Å²) in [6.07, 6.45) is 2.84. The minimum absolute atomic E-state index is 0.333. The summed E-state index contributed by atoms with van der Waals surface area (Å²) < 4.78 is 10.8. The Morgan fingerprint density at radius 2 is 1.67 bits per heavy atom. The first-order valence-corrected chi connectivity index (χ1v) is 7.74. The minimum Gasteiger partial charge on any atom is -0.463 e. The second-order valence-electron chi connectivity index (χ2n) is 5.05. The number of oxazole rings is 1. The van der Waals surface area contributed by atoms with Crippen molar-refractivity contribution in [2.75, 3.05) is 6.61 Å². The third kappa shape index (κ3) is 3.60. The monoisotopic (exact) mass is 319 g/mol. The molecular formula is C20H17NO3. The molecule has 0 spiro atoms. The van der Waals surface area contributed by atoms with Crippen LogP contribution in [-0.4, -0.2) is 17.6 Å². The van der Waals surface area contributed by atoms with E-state index in [4.69, 9.17) is 9.15 Å². The standard InChI is InChI=1S/C20H17NO3/c1-2-23-18(22)14-13-17-21-19(15-9-5-3-6-10-15)20(24-17)16-11-7-4-8-12-16/h3-14H,2H2,1H3/b14-13+. The Balaban J connectivity index is 2.02. The number of aromatic nitrogens is 1. The summed E-state index contributed by atoms with van der Waals surface area (Å²) in [4.78, 5) is 16.0. The van der Waals surface area contributed by atoms with Crippen molar-refractivity contribution in [1.82, 2.24) is 4.98 Å². The Morgan fingerprint density at radius 1 is 1.04 bits per heavy atom. The largest absolute Gasteiger partial charge is 0.463 e. The van der Waals surface area contributed by atoms with Crippen molar-refractivity contribution in [3.05, 3.63) is 72.6 Å². The molecule has 0 aliphatic carbocycles. The fourth-order valence-corrected chi connectivity index (χ4v) is 2.31. The summed E-state index contributed by atoms with van der Waals surface area (Å²) in [7, 11) is 0. The van der Waals surface area contributed by atoms with Crippen LogP contribution in [0.25, 0.3) is 28.7 Å². The Kier molecular flexibility index (Phi) is 4.87. The van der Waals surface area contributed by atoms with E-state index in [-0.39, 0.29) is 0 Å². The second kappa shape index (κ2) is 7.42. The van der Waals surface area contributed by atoms with Gasteiger partial charge in [0, 0.05) is 23.3 Å². The lowest BCUT2D eigenvalue weighted by atomic mass is 10.1. The number of carbonyl (C=O) groups excluding carboxylic acids is 1. The van der Waals surface area contributed by atoms with Crippen molar-refractivity contribution in [3.8, 4) is 22.6 Å². The van der Waals surface area contributed by atoms with Crippen LogP contribution in [0.4, 0.5) is 0 Å². The van der Waals surface area contributed by atoms with Gasteiger partial charge in [0.05, 0.1) is 6.61 Å². The number of hydrogen-bond acceptors (Lipinski definition) is 4. The zero-order chi connectivity index (χ0) is 16.8. The van der Waals surface area contributed by atoms with Crippen LogP contribution >= 0.6 is 0 Å². The molecule has 120 valence electrons. The highest BCUT2D eigenvalue weighted by atomic mass is 16.5. The fraction of sp³-hybridized carbons (Fsp3) is 0.100. The van der Waals surface area contributed by atoms with E-state index >= 15 is 0 Å². The molecule has 1 heterocycles.